The van der Waals surface area contributed by atoms with Crippen LogP contribution in [-0.4, -0.2) is 33.9 Å². The van der Waals surface area contributed by atoms with Gasteiger partial charge in [0.25, 0.3) is 0 Å². The molecule has 0 spiro atoms. The first-order valence-corrected chi connectivity index (χ1v) is 8.65. The summed E-state index contributed by atoms with van der Waals surface area (Å²) < 4.78 is 0. The van der Waals surface area contributed by atoms with E-state index in [0.29, 0.717) is 6.54 Å². The second-order valence-corrected chi connectivity index (χ2v) is 6.54. The predicted molar refractivity (Wildman–Crippen MR) is 100.0 cm³/mol. The van der Waals surface area contributed by atoms with Crippen LogP contribution >= 0.6 is 0 Å². The molecule has 3 heterocycles. The highest BCUT2D eigenvalue weighted by Gasteiger charge is 2.24. The van der Waals surface area contributed by atoms with Crippen molar-refractivity contribution in [3.63, 3.8) is 0 Å². The van der Waals surface area contributed by atoms with Gasteiger partial charge in [0.2, 0.25) is 5.91 Å². The van der Waals surface area contributed by atoms with E-state index in [9.17, 15) is 4.79 Å². The molecule has 1 aliphatic rings. The molecule has 0 bridgehead atoms. The Morgan fingerprint density at radius 1 is 1.40 bits per heavy atom. The lowest BCUT2D eigenvalue weighted by Gasteiger charge is -2.32. The average Bonchev–Trinajstić information content (AvgIpc) is 2.62. The minimum Gasteiger partial charge on any atom is -0.340 e. The van der Waals surface area contributed by atoms with E-state index in [-0.39, 0.29) is 11.8 Å². The minimum absolute atomic E-state index is 0.000174. The van der Waals surface area contributed by atoms with E-state index in [2.05, 4.69) is 22.9 Å². The zero-order chi connectivity index (χ0) is 17.8. The highest BCUT2D eigenvalue weighted by molar-refractivity contribution is 5.87. The standard InChI is InChI=1S/C20H24N4O/c1-4-19(25)24-10-6-8-16(13-24)18-12-17(11-15(3)22-18)23-20-14(2)7-5-9-21-20/h4-5,7,9,11-12,16H,1,6,8,10,13H2,2-3H3,(H,21,22,23)/t16-/m0/s1. The van der Waals surface area contributed by atoms with E-state index in [1.54, 1.807) is 6.20 Å². The molecule has 0 radical (unpaired) electrons. The van der Waals surface area contributed by atoms with Crippen LogP contribution in [0.5, 0.6) is 0 Å². The Balaban J connectivity index is 1.83. The van der Waals surface area contributed by atoms with Gasteiger partial charge >= 0.3 is 0 Å². The van der Waals surface area contributed by atoms with Gasteiger partial charge < -0.3 is 10.2 Å². The first kappa shape index (κ1) is 17.1. The fourth-order valence-corrected chi connectivity index (χ4v) is 3.28. The van der Waals surface area contributed by atoms with Crippen molar-refractivity contribution in [2.75, 3.05) is 18.4 Å². The van der Waals surface area contributed by atoms with E-state index in [0.717, 1.165) is 47.8 Å². The molecular weight excluding hydrogens is 312 g/mol. The van der Waals surface area contributed by atoms with Crippen molar-refractivity contribution in [3.05, 3.63) is 60.1 Å². The number of anilines is 2. The molecule has 1 amide bonds. The maximum Gasteiger partial charge on any atom is 0.245 e. The first-order chi connectivity index (χ1) is 12.1. The molecule has 1 aliphatic heterocycles. The summed E-state index contributed by atoms with van der Waals surface area (Å²) in [5.74, 6) is 1.11. The van der Waals surface area contributed by atoms with Gasteiger partial charge in [-0.15, -0.1) is 0 Å². The smallest absolute Gasteiger partial charge is 0.245 e. The molecule has 1 atom stereocenters. The Morgan fingerprint density at radius 3 is 3.00 bits per heavy atom. The number of carbonyl (C=O) groups excluding carboxylic acids is 1. The number of carbonyl (C=O) groups is 1. The molecule has 0 aliphatic carbocycles. The summed E-state index contributed by atoms with van der Waals surface area (Å²) in [4.78, 5) is 22.9. The number of amides is 1. The van der Waals surface area contributed by atoms with E-state index in [4.69, 9.17) is 4.98 Å². The molecule has 0 saturated carbocycles. The average molecular weight is 336 g/mol. The van der Waals surface area contributed by atoms with Crippen molar-refractivity contribution in [1.29, 1.82) is 0 Å². The number of rotatable bonds is 4. The second-order valence-electron chi connectivity index (χ2n) is 6.54. The largest absolute Gasteiger partial charge is 0.340 e. The van der Waals surface area contributed by atoms with Gasteiger partial charge in [0.1, 0.15) is 5.82 Å². The van der Waals surface area contributed by atoms with Crippen molar-refractivity contribution in [2.45, 2.75) is 32.6 Å². The van der Waals surface area contributed by atoms with Gasteiger partial charge in [-0.3, -0.25) is 9.78 Å². The van der Waals surface area contributed by atoms with Crippen LogP contribution in [0.25, 0.3) is 0 Å². The number of hydrogen-bond donors (Lipinski definition) is 1. The third-order valence-electron chi connectivity index (χ3n) is 4.57. The Kier molecular flexibility index (Phi) is 5.12. The summed E-state index contributed by atoms with van der Waals surface area (Å²) in [5, 5.41) is 3.39. The van der Waals surface area contributed by atoms with Crippen LogP contribution in [0.15, 0.2) is 43.1 Å². The van der Waals surface area contributed by atoms with Crippen molar-refractivity contribution in [2.24, 2.45) is 0 Å². The summed E-state index contributed by atoms with van der Waals surface area (Å²) in [6.45, 7) is 9.12. The molecule has 5 heteroatoms. The molecule has 25 heavy (non-hydrogen) atoms. The number of aryl methyl sites for hydroxylation is 2. The van der Waals surface area contributed by atoms with Crippen LogP contribution in [-0.2, 0) is 4.79 Å². The van der Waals surface area contributed by atoms with Crippen LogP contribution in [0.1, 0.15) is 35.7 Å². The van der Waals surface area contributed by atoms with Gasteiger partial charge in [0.15, 0.2) is 0 Å². The molecule has 5 nitrogen and oxygen atoms in total. The predicted octanol–water partition coefficient (Wildman–Crippen LogP) is 3.73. The zero-order valence-electron chi connectivity index (χ0n) is 14.8. The van der Waals surface area contributed by atoms with Crippen molar-refractivity contribution < 1.29 is 4.79 Å². The van der Waals surface area contributed by atoms with Gasteiger partial charge in [0, 0.05) is 42.3 Å². The molecule has 0 aromatic carbocycles. The summed E-state index contributed by atoms with van der Waals surface area (Å²) >= 11 is 0. The van der Waals surface area contributed by atoms with E-state index < -0.39 is 0 Å². The Hall–Kier alpha value is -2.69. The molecule has 1 fully saturated rings. The van der Waals surface area contributed by atoms with Gasteiger partial charge in [-0.25, -0.2) is 4.98 Å². The van der Waals surface area contributed by atoms with Crippen molar-refractivity contribution >= 4 is 17.4 Å². The Labute approximate surface area is 148 Å². The third kappa shape index (κ3) is 4.05. The monoisotopic (exact) mass is 336 g/mol. The van der Waals surface area contributed by atoms with E-state index in [1.165, 1.54) is 6.08 Å². The van der Waals surface area contributed by atoms with Gasteiger partial charge in [-0.1, -0.05) is 12.6 Å². The maximum atomic E-state index is 11.9. The molecule has 0 unspecified atom stereocenters. The fourth-order valence-electron chi connectivity index (χ4n) is 3.28. The lowest BCUT2D eigenvalue weighted by molar-refractivity contribution is -0.127. The summed E-state index contributed by atoms with van der Waals surface area (Å²) in [7, 11) is 0. The second kappa shape index (κ2) is 7.47. The van der Waals surface area contributed by atoms with Gasteiger partial charge in [-0.2, -0.15) is 0 Å². The number of hydrogen-bond acceptors (Lipinski definition) is 4. The zero-order valence-corrected chi connectivity index (χ0v) is 14.8. The summed E-state index contributed by atoms with van der Waals surface area (Å²) in [6.07, 6.45) is 5.20. The third-order valence-corrected chi connectivity index (χ3v) is 4.57. The number of nitrogens with one attached hydrogen (secondary N) is 1. The van der Waals surface area contributed by atoms with Crippen molar-refractivity contribution in [1.82, 2.24) is 14.9 Å². The van der Waals surface area contributed by atoms with Crippen LogP contribution < -0.4 is 5.32 Å². The SMILES string of the molecule is C=CC(=O)N1CCC[C@H](c2cc(Nc3ncccc3C)cc(C)n2)C1. The van der Waals surface area contributed by atoms with E-state index >= 15 is 0 Å². The quantitative estimate of drug-likeness (QED) is 0.864. The molecule has 2 aromatic rings. The maximum absolute atomic E-state index is 11.9. The molecule has 2 aromatic heterocycles. The number of piperidine rings is 1. The number of nitrogens with zero attached hydrogens (tertiary/aromatic N) is 3. The number of aromatic nitrogens is 2. The van der Waals surface area contributed by atoms with Gasteiger partial charge in [-0.05, 0) is 56.5 Å². The summed E-state index contributed by atoms with van der Waals surface area (Å²) in [6, 6.07) is 8.06. The molecule has 1 saturated heterocycles. The highest BCUT2D eigenvalue weighted by Crippen LogP contribution is 2.29. The number of pyridine rings is 2. The molecule has 130 valence electrons. The lowest BCUT2D eigenvalue weighted by Crippen LogP contribution is -2.38. The van der Waals surface area contributed by atoms with E-state index in [1.807, 2.05) is 36.9 Å². The van der Waals surface area contributed by atoms with Crippen LogP contribution in [0.3, 0.4) is 0 Å². The molecular formula is C20H24N4O. The summed E-state index contributed by atoms with van der Waals surface area (Å²) in [5.41, 5.74) is 4.06. The van der Waals surface area contributed by atoms with Crippen LogP contribution in [0, 0.1) is 13.8 Å². The molecule has 3 rings (SSSR count). The highest BCUT2D eigenvalue weighted by atomic mass is 16.2. The lowest BCUT2D eigenvalue weighted by atomic mass is 9.93. The van der Waals surface area contributed by atoms with Crippen molar-refractivity contribution in [3.8, 4) is 0 Å². The fraction of sp³-hybridized carbons (Fsp3) is 0.350. The van der Waals surface area contributed by atoms with Crippen LogP contribution in [0.2, 0.25) is 0 Å². The molecule has 1 N–H and O–H groups in total. The van der Waals surface area contributed by atoms with Gasteiger partial charge in [0.05, 0.1) is 0 Å². The first-order valence-electron chi connectivity index (χ1n) is 8.65. The van der Waals surface area contributed by atoms with Crippen LogP contribution in [0.4, 0.5) is 11.5 Å². The minimum atomic E-state index is -0.000174. The number of likely N-dealkylation sites (tertiary alicyclic amines) is 1. The normalized spacial score (nSPS) is 17.2. The Morgan fingerprint density at radius 2 is 2.24 bits per heavy atom. The topological polar surface area (TPSA) is 58.1 Å². The Bertz CT molecular complexity index is 787.